The van der Waals surface area contributed by atoms with Gasteiger partial charge in [-0.25, -0.2) is 9.59 Å². The summed E-state index contributed by atoms with van der Waals surface area (Å²) in [6.07, 6.45) is 7.14. The fourth-order valence-corrected chi connectivity index (χ4v) is 1.05. The Kier molecular flexibility index (Phi) is 24.8. The van der Waals surface area contributed by atoms with Gasteiger partial charge in [-0.3, -0.25) is 0 Å². The number of carbonyl (C=O) groups excluding carboxylic acids is 2. The van der Waals surface area contributed by atoms with Crippen molar-refractivity contribution in [1.29, 1.82) is 5.26 Å². The summed E-state index contributed by atoms with van der Waals surface area (Å²) in [5.74, 6) is -0.778. The van der Waals surface area contributed by atoms with E-state index >= 15 is 0 Å². The van der Waals surface area contributed by atoms with Gasteiger partial charge in [0, 0.05) is 17.7 Å². The van der Waals surface area contributed by atoms with Crippen LogP contribution in [0, 0.1) is 11.3 Å². The third-order valence-electron chi connectivity index (χ3n) is 2.32. The number of nitrogens with zero attached hydrogens (tertiary/aromatic N) is 1. The van der Waals surface area contributed by atoms with Crippen molar-refractivity contribution >= 4 is 18.0 Å². The van der Waals surface area contributed by atoms with Crippen LogP contribution in [-0.4, -0.2) is 25.2 Å². The molecular weight excluding hydrogens is 366 g/mol. The van der Waals surface area contributed by atoms with E-state index in [0.717, 1.165) is 6.08 Å². The number of rotatable bonds is 7. The molecule has 0 fully saturated rings. The lowest BCUT2D eigenvalue weighted by atomic mass is 10.2. The number of nitriles is 1. The van der Waals surface area contributed by atoms with E-state index in [1.54, 1.807) is 13.0 Å². The predicted molar refractivity (Wildman–Crippen MR) is 120 cm³/mol. The highest BCUT2D eigenvalue weighted by atomic mass is 16.5. The van der Waals surface area contributed by atoms with E-state index in [2.05, 4.69) is 48.9 Å². The Balaban J connectivity index is -0.000000321. The van der Waals surface area contributed by atoms with Gasteiger partial charge in [-0.05, 0) is 12.5 Å². The highest BCUT2D eigenvalue weighted by Crippen LogP contribution is 1.97. The molecule has 0 bridgehead atoms. The van der Waals surface area contributed by atoms with Crippen molar-refractivity contribution in [1.82, 2.24) is 0 Å². The first-order valence-electron chi connectivity index (χ1n) is 8.36. The van der Waals surface area contributed by atoms with Gasteiger partial charge < -0.3 is 9.47 Å². The smallest absolute Gasteiger partial charge is 0.333 e. The topological polar surface area (TPSA) is 76.4 Å². The van der Waals surface area contributed by atoms with Crippen LogP contribution in [0.25, 0.3) is 6.08 Å². The first kappa shape index (κ1) is 29.8. The Morgan fingerprint density at radius 2 is 1.48 bits per heavy atom. The lowest BCUT2D eigenvalue weighted by molar-refractivity contribution is -0.138. The minimum Gasteiger partial charge on any atom is -0.458 e. The number of hydrogen-bond acceptors (Lipinski definition) is 5. The normalized spacial score (nSPS) is 7.45. The second-order valence-electron chi connectivity index (χ2n) is 4.74. The maximum absolute atomic E-state index is 10.5. The lowest BCUT2D eigenvalue weighted by Crippen LogP contribution is -2.03. The lowest BCUT2D eigenvalue weighted by Gasteiger charge is -1.97. The van der Waals surface area contributed by atoms with Gasteiger partial charge in [-0.1, -0.05) is 88.0 Å². The average Bonchev–Trinajstić information content (AvgIpc) is 2.77. The molecule has 154 valence electrons. The van der Waals surface area contributed by atoms with Crippen molar-refractivity contribution < 1.29 is 19.1 Å². The highest BCUT2D eigenvalue weighted by Gasteiger charge is 1.98. The van der Waals surface area contributed by atoms with Crippen LogP contribution in [0.5, 0.6) is 0 Å². The zero-order valence-corrected chi connectivity index (χ0v) is 17.0. The Hall–Kier alpha value is -3.91. The zero-order chi connectivity index (χ0) is 22.9. The molecule has 29 heavy (non-hydrogen) atoms. The third kappa shape index (κ3) is 26.4. The van der Waals surface area contributed by atoms with E-state index in [-0.39, 0.29) is 19.2 Å². The van der Waals surface area contributed by atoms with Crippen LogP contribution < -0.4 is 0 Å². The van der Waals surface area contributed by atoms with Crippen molar-refractivity contribution in [2.75, 3.05) is 13.2 Å². The van der Waals surface area contributed by atoms with Gasteiger partial charge in [-0.2, -0.15) is 5.26 Å². The Bertz CT molecular complexity index is 697. The number of benzene rings is 1. The van der Waals surface area contributed by atoms with Crippen LogP contribution in [0.4, 0.5) is 0 Å². The molecule has 0 aromatic heterocycles. The van der Waals surface area contributed by atoms with E-state index in [4.69, 9.17) is 5.26 Å². The van der Waals surface area contributed by atoms with E-state index in [1.807, 2.05) is 36.4 Å². The van der Waals surface area contributed by atoms with Gasteiger partial charge >= 0.3 is 11.9 Å². The summed E-state index contributed by atoms with van der Waals surface area (Å²) >= 11 is 0. The van der Waals surface area contributed by atoms with E-state index < -0.39 is 5.97 Å². The van der Waals surface area contributed by atoms with Crippen LogP contribution in [0.3, 0.4) is 0 Å². The fraction of sp³-hybridized carbons (Fsp3) is 0.125. The van der Waals surface area contributed by atoms with Crippen LogP contribution >= 0.6 is 0 Å². The number of ether oxygens (including phenoxy) is 2. The molecule has 0 amide bonds. The summed E-state index contributed by atoms with van der Waals surface area (Å²) in [5, 5.41) is 7.51. The van der Waals surface area contributed by atoms with Gasteiger partial charge in [0.25, 0.3) is 0 Å². The number of esters is 2. The Labute approximate surface area is 174 Å². The van der Waals surface area contributed by atoms with Crippen molar-refractivity contribution in [3.63, 3.8) is 0 Å². The molecule has 0 heterocycles. The summed E-state index contributed by atoms with van der Waals surface area (Å²) in [6, 6.07) is 11.7. The second-order valence-corrected chi connectivity index (χ2v) is 4.74. The predicted octanol–water partition coefficient (Wildman–Crippen LogP) is 5.22. The molecule has 0 N–H and O–H groups in total. The minimum atomic E-state index is -0.412. The number of allylic oxidation sites excluding steroid dienone is 1. The van der Waals surface area contributed by atoms with Gasteiger partial charge in [-0.15, -0.1) is 0 Å². The maximum atomic E-state index is 10.5. The van der Waals surface area contributed by atoms with Gasteiger partial charge in [0.05, 0.1) is 6.07 Å². The molecule has 0 saturated carbocycles. The second kappa shape index (κ2) is 24.1. The molecule has 0 radical (unpaired) electrons. The minimum absolute atomic E-state index is 0.255. The van der Waals surface area contributed by atoms with Gasteiger partial charge in [0.15, 0.2) is 0 Å². The van der Waals surface area contributed by atoms with E-state index in [9.17, 15) is 9.59 Å². The summed E-state index contributed by atoms with van der Waals surface area (Å²) in [7, 11) is 0. The highest BCUT2D eigenvalue weighted by molar-refractivity contribution is 5.86. The largest absolute Gasteiger partial charge is 0.458 e. The fourth-order valence-electron chi connectivity index (χ4n) is 1.05. The van der Waals surface area contributed by atoms with E-state index in [0.29, 0.717) is 5.57 Å². The summed E-state index contributed by atoms with van der Waals surface area (Å²) in [6.45, 7) is 22.2. The number of carbonyl (C=O) groups is 2. The summed E-state index contributed by atoms with van der Waals surface area (Å²) in [4.78, 5) is 20.7. The first-order chi connectivity index (χ1) is 13.8. The van der Waals surface area contributed by atoms with Crippen LogP contribution in [-0.2, 0) is 19.1 Å². The Morgan fingerprint density at radius 1 is 1.00 bits per heavy atom. The molecule has 5 heteroatoms. The molecule has 0 aliphatic carbocycles. The quantitative estimate of drug-likeness (QED) is 0.274. The Morgan fingerprint density at radius 3 is 1.79 bits per heavy atom. The van der Waals surface area contributed by atoms with Crippen LogP contribution in [0.1, 0.15) is 12.5 Å². The SMILES string of the molecule is C=CC#N.C=CCOC(=O)C(=C)C.C=CCOC(=O)C=C.C=Cc1ccccc1. The van der Waals surface area contributed by atoms with Crippen molar-refractivity contribution in [2.24, 2.45) is 0 Å². The summed E-state index contributed by atoms with van der Waals surface area (Å²) < 4.78 is 9.06. The first-order valence-corrected chi connectivity index (χ1v) is 8.36. The third-order valence-corrected chi connectivity index (χ3v) is 2.32. The molecule has 1 rings (SSSR count). The van der Waals surface area contributed by atoms with E-state index in [1.165, 1.54) is 23.8 Å². The van der Waals surface area contributed by atoms with Gasteiger partial charge in [0.1, 0.15) is 13.2 Å². The average molecular weight is 395 g/mol. The molecule has 0 aliphatic heterocycles. The van der Waals surface area contributed by atoms with Crippen LogP contribution in [0.2, 0.25) is 0 Å². The molecular formula is C24H29NO4. The molecule has 0 saturated heterocycles. The molecule has 1 aromatic carbocycles. The molecule has 0 aliphatic rings. The van der Waals surface area contributed by atoms with Crippen molar-refractivity contribution in [3.05, 3.63) is 105 Å². The van der Waals surface area contributed by atoms with Crippen molar-refractivity contribution in [3.8, 4) is 6.07 Å². The van der Waals surface area contributed by atoms with Crippen molar-refractivity contribution in [2.45, 2.75) is 6.92 Å². The number of hydrogen-bond donors (Lipinski definition) is 0. The molecule has 0 unspecified atom stereocenters. The zero-order valence-electron chi connectivity index (χ0n) is 17.0. The van der Waals surface area contributed by atoms with Gasteiger partial charge in [0.2, 0.25) is 0 Å². The molecule has 1 aromatic rings. The molecule has 0 atom stereocenters. The summed E-state index contributed by atoms with van der Waals surface area (Å²) in [5.41, 5.74) is 1.59. The molecule has 5 nitrogen and oxygen atoms in total. The standard InChI is InChI=1S/C8H8.C7H10O2.C6H8O2.C3H3N/c1-2-8-6-4-3-5-7-8;1-4-5-9-7(8)6(2)3;1-3-5-8-6(7)4-2;1-2-3-4/h2-7H,1H2;4H,1-2,5H2,3H3;3-4H,1-2,5H2;2H,1H2. The molecule has 0 spiro atoms. The monoisotopic (exact) mass is 395 g/mol. The van der Waals surface area contributed by atoms with Crippen LogP contribution in [0.15, 0.2) is 99.7 Å². The maximum Gasteiger partial charge on any atom is 0.333 e.